The minimum atomic E-state index is -0.459. The summed E-state index contributed by atoms with van der Waals surface area (Å²) in [6, 6.07) is 19.4. The van der Waals surface area contributed by atoms with Crippen LogP contribution < -0.4 is 4.74 Å². The van der Waals surface area contributed by atoms with Crippen LogP contribution in [0, 0.1) is 12.7 Å². The lowest BCUT2D eigenvalue weighted by Crippen LogP contribution is -2.27. The van der Waals surface area contributed by atoms with E-state index in [-0.39, 0.29) is 17.6 Å². The number of imide groups is 1. The zero-order chi connectivity index (χ0) is 22.7. The van der Waals surface area contributed by atoms with Crippen LogP contribution >= 0.6 is 11.8 Å². The van der Waals surface area contributed by atoms with E-state index in [2.05, 4.69) is 0 Å². The van der Waals surface area contributed by atoms with E-state index >= 15 is 0 Å². The highest BCUT2D eigenvalue weighted by atomic mass is 32.2. The van der Waals surface area contributed by atoms with Crippen molar-refractivity contribution in [2.75, 3.05) is 0 Å². The van der Waals surface area contributed by atoms with Crippen molar-refractivity contribution in [2.24, 2.45) is 0 Å². The molecule has 1 aliphatic heterocycles. The van der Waals surface area contributed by atoms with Crippen LogP contribution in [0.3, 0.4) is 0 Å². The molecule has 0 aliphatic carbocycles. The molecular weight excluding hydrogens is 429 g/mol. The van der Waals surface area contributed by atoms with Gasteiger partial charge in [-0.15, -0.1) is 0 Å². The second-order valence-corrected chi connectivity index (χ2v) is 8.21. The van der Waals surface area contributed by atoms with E-state index in [0.29, 0.717) is 27.3 Å². The molecule has 7 heteroatoms. The van der Waals surface area contributed by atoms with Gasteiger partial charge >= 0.3 is 5.97 Å². The number of esters is 1. The summed E-state index contributed by atoms with van der Waals surface area (Å²) >= 11 is 0.851. The Balaban J connectivity index is 1.42. The Morgan fingerprint density at radius 3 is 2.28 bits per heavy atom. The molecule has 0 aromatic heterocycles. The number of nitrogens with zero attached hydrogens (tertiary/aromatic N) is 1. The average molecular weight is 447 g/mol. The molecule has 0 unspecified atom stereocenters. The lowest BCUT2D eigenvalue weighted by atomic mass is 10.1. The van der Waals surface area contributed by atoms with E-state index in [9.17, 15) is 18.8 Å². The average Bonchev–Trinajstić information content (AvgIpc) is 3.04. The quantitative estimate of drug-likeness (QED) is 0.290. The number of benzene rings is 3. The number of carbonyl (C=O) groups excluding carboxylic acids is 3. The highest BCUT2D eigenvalue weighted by Gasteiger charge is 2.34. The van der Waals surface area contributed by atoms with Crippen molar-refractivity contribution in [3.05, 3.63) is 106 Å². The van der Waals surface area contributed by atoms with Crippen LogP contribution in [0.2, 0.25) is 0 Å². The van der Waals surface area contributed by atoms with Crippen LogP contribution in [0.5, 0.6) is 5.75 Å². The molecule has 0 spiro atoms. The lowest BCUT2D eigenvalue weighted by molar-refractivity contribution is -0.123. The molecule has 32 heavy (non-hydrogen) atoms. The molecule has 3 aromatic rings. The van der Waals surface area contributed by atoms with Crippen molar-refractivity contribution in [2.45, 2.75) is 13.5 Å². The highest BCUT2D eigenvalue weighted by Crippen LogP contribution is 2.33. The maximum absolute atomic E-state index is 13.1. The van der Waals surface area contributed by atoms with Gasteiger partial charge in [0.1, 0.15) is 11.6 Å². The molecule has 0 bridgehead atoms. The van der Waals surface area contributed by atoms with Crippen LogP contribution in [-0.4, -0.2) is 22.0 Å². The standard InChI is InChI=1S/C25H18FNO4S/c1-16-2-8-19(9-3-16)24(29)31-21-12-6-17(7-13-21)14-22-23(28)27(25(30)32-22)15-18-4-10-20(26)11-5-18/h2-14H,15H2,1H3/b22-14-. The summed E-state index contributed by atoms with van der Waals surface area (Å²) in [5, 5.41) is -0.380. The number of halogens is 1. The number of thioether (sulfide) groups is 1. The maximum Gasteiger partial charge on any atom is 0.343 e. The van der Waals surface area contributed by atoms with Crippen LogP contribution in [-0.2, 0) is 11.3 Å². The van der Waals surface area contributed by atoms with Crippen molar-refractivity contribution in [1.29, 1.82) is 0 Å². The van der Waals surface area contributed by atoms with Gasteiger partial charge in [0.2, 0.25) is 0 Å². The third-order valence-electron chi connectivity index (χ3n) is 4.80. The minimum Gasteiger partial charge on any atom is -0.423 e. The Morgan fingerprint density at radius 2 is 1.62 bits per heavy atom. The van der Waals surface area contributed by atoms with Crippen molar-refractivity contribution in [3.63, 3.8) is 0 Å². The number of ether oxygens (including phenoxy) is 1. The predicted octanol–water partition coefficient (Wildman–Crippen LogP) is 5.59. The maximum atomic E-state index is 13.1. The first-order valence-electron chi connectivity index (χ1n) is 9.78. The van der Waals surface area contributed by atoms with E-state index in [0.717, 1.165) is 22.2 Å². The van der Waals surface area contributed by atoms with Crippen molar-refractivity contribution in [1.82, 2.24) is 4.90 Å². The molecule has 3 aromatic carbocycles. The van der Waals surface area contributed by atoms with Gasteiger partial charge in [0.15, 0.2) is 0 Å². The van der Waals surface area contributed by atoms with E-state index in [4.69, 9.17) is 4.74 Å². The molecule has 0 saturated carbocycles. The fraction of sp³-hybridized carbons (Fsp3) is 0.0800. The first-order chi connectivity index (χ1) is 15.4. The third kappa shape index (κ3) is 4.95. The number of aryl methyl sites for hydroxylation is 1. The van der Waals surface area contributed by atoms with Gasteiger partial charge in [0, 0.05) is 0 Å². The first-order valence-corrected chi connectivity index (χ1v) is 10.6. The number of rotatable bonds is 5. The van der Waals surface area contributed by atoms with Crippen molar-refractivity contribution < 1.29 is 23.5 Å². The molecule has 2 amide bonds. The highest BCUT2D eigenvalue weighted by molar-refractivity contribution is 8.18. The molecule has 1 aliphatic rings. The predicted molar refractivity (Wildman–Crippen MR) is 120 cm³/mol. The fourth-order valence-electron chi connectivity index (χ4n) is 3.05. The number of hydrogen-bond acceptors (Lipinski definition) is 5. The Kier molecular flexibility index (Phi) is 6.18. The Bertz CT molecular complexity index is 1200. The minimum absolute atomic E-state index is 0.0796. The monoisotopic (exact) mass is 447 g/mol. The van der Waals surface area contributed by atoms with Gasteiger partial charge in [-0.05, 0) is 72.3 Å². The summed E-state index contributed by atoms with van der Waals surface area (Å²) in [4.78, 5) is 38.6. The summed E-state index contributed by atoms with van der Waals surface area (Å²) in [6.45, 7) is 2.02. The summed E-state index contributed by atoms with van der Waals surface area (Å²) in [6.07, 6.45) is 1.61. The van der Waals surface area contributed by atoms with Gasteiger partial charge in [-0.2, -0.15) is 0 Å². The van der Waals surface area contributed by atoms with Gasteiger partial charge < -0.3 is 4.74 Å². The number of hydrogen-bond donors (Lipinski definition) is 0. The van der Waals surface area contributed by atoms with E-state index in [1.165, 1.54) is 12.1 Å². The van der Waals surface area contributed by atoms with Crippen LogP contribution in [0.1, 0.15) is 27.0 Å². The van der Waals surface area contributed by atoms with Crippen LogP contribution in [0.4, 0.5) is 9.18 Å². The molecule has 1 saturated heterocycles. The zero-order valence-corrected chi connectivity index (χ0v) is 17.9. The second-order valence-electron chi connectivity index (χ2n) is 7.22. The van der Waals surface area contributed by atoms with Gasteiger partial charge in [0.25, 0.3) is 11.1 Å². The van der Waals surface area contributed by atoms with Crippen LogP contribution in [0.15, 0.2) is 77.7 Å². The molecule has 0 N–H and O–H groups in total. The SMILES string of the molecule is Cc1ccc(C(=O)Oc2ccc(/C=C3\SC(=O)N(Cc4ccc(F)cc4)C3=O)cc2)cc1. The van der Waals surface area contributed by atoms with E-state index in [1.807, 2.05) is 19.1 Å². The van der Waals surface area contributed by atoms with E-state index < -0.39 is 11.9 Å². The Labute approximate surface area is 188 Å². The lowest BCUT2D eigenvalue weighted by Gasteiger charge is -2.12. The van der Waals surface area contributed by atoms with Crippen molar-refractivity contribution in [3.8, 4) is 5.75 Å². The fourth-order valence-corrected chi connectivity index (χ4v) is 3.89. The summed E-state index contributed by atoms with van der Waals surface area (Å²) in [7, 11) is 0. The molecule has 0 atom stereocenters. The third-order valence-corrected chi connectivity index (χ3v) is 5.71. The largest absolute Gasteiger partial charge is 0.423 e. The van der Waals surface area contributed by atoms with Gasteiger partial charge in [-0.3, -0.25) is 14.5 Å². The van der Waals surface area contributed by atoms with Gasteiger partial charge in [0.05, 0.1) is 17.0 Å². The zero-order valence-electron chi connectivity index (χ0n) is 17.1. The molecule has 0 radical (unpaired) electrons. The molecule has 1 fully saturated rings. The molecule has 5 nitrogen and oxygen atoms in total. The first kappa shape index (κ1) is 21.5. The number of amides is 2. The molecule has 160 valence electrons. The normalized spacial score (nSPS) is 14.8. The summed E-state index contributed by atoms with van der Waals surface area (Å²) in [5.41, 5.74) is 2.85. The summed E-state index contributed by atoms with van der Waals surface area (Å²) in [5.74, 6) is -0.869. The van der Waals surface area contributed by atoms with E-state index in [1.54, 1.807) is 54.6 Å². The van der Waals surface area contributed by atoms with Crippen LogP contribution in [0.25, 0.3) is 6.08 Å². The smallest absolute Gasteiger partial charge is 0.343 e. The van der Waals surface area contributed by atoms with Gasteiger partial charge in [-0.1, -0.05) is 42.0 Å². The Hall–Kier alpha value is -3.71. The number of carbonyl (C=O) groups is 3. The molecule has 4 rings (SSSR count). The topological polar surface area (TPSA) is 63.7 Å². The van der Waals surface area contributed by atoms with Crippen molar-refractivity contribution >= 4 is 35.0 Å². The molecule has 1 heterocycles. The van der Waals surface area contributed by atoms with Gasteiger partial charge in [-0.25, -0.2) is 9.18 Å². The summed E-state index contributed by atoms with van der Waals surface area (Å²) < 4.78 is 18.4. The second kappa shape index (κ2) is 9.20. The molecular formula is C25H18FNO4S. The Morgan fingerprint density at radius 1 is 0.969 bits per heavy atom.